The molecule has 1 atom stereocenters. The highest BCUT2D eigenvalue weighted by Crippen LogP contribution is 2.25. The number of ether oxygens (including phenoxy) is 1. The Morgan fingerprint density at radius 3 is 2.91 bits per heavy atom. The average Bonchev–Trinajstić information content (AvgIpc) is 2.74. The van der Waals surface area contributed by atoms with Gasteiger partial charge in [-0.2, -0.15) is 0 Å². The van der Waals surface area contributed by atoms with Crippen LogP contribution in [-0.2, 0) is 16.1 Å². The summed E-state index contributed by atoms with van der Waals surface area (Å²) in [7, 11) is 1.59. The number of carbonyl (C=O) groups is 1. The smallest absolute Gasteiger partial charge is 0.262 e. The van der Waals surface area contributed by atoms with Crippen molar-refractivity contribution in [3.05, 3.63) is 27.1 Å². The zero-order valence-corrected chi connectivity index (χ0v) is 14.1. The lowest BCUT2D eigenvalue weighted by Crippen LogP contribution is -2.36. The third-order valence-electron chi connectivity index (χ3n) is 3.56. The predicted octanol–water partition coefficient (Wildman–Crippen LogP) is 1.62. The fourth-order valence-corrected chi connectivity index (χ4v) is 3.28. The number of carbonyl (C=O) groups excluding carboxylic acids is 1. The molecule has 0 fully saturated rings. The van der Waals surface area contributed by atoms with Gasteiger partial charge < -0.3 is 10.1 Å². The summed E-state index contributed by atoms with van der Waals surface area (Å²) in [6.07, 6.45) is 1.76. The van der Waals surface area contributed by atoms with E-state index < -0.39 is 0 Å². The van der Waals surface area contributed by atoms with Crippen LogP contribution in [0.4, 0.5) is 0 Å². The van der Waals surface area contributed by atoms with Gasteiger partial charge in [0.15, 0.2) is 0 Å². The Kier molecular flexibility index (Phi) is 5.31. The van der Waals surface area contributed by atoms with Gasteiger partial charge in [0.2, 0.25) is 5.91 Å². The maximum Gasteiger partial charge on any atom is 0.262 e. The van der Waals surface area contributed by atoms with Gasteiger partial charge in [-0.15, -0.1) is 11.3 Å². The molecular weight excluding hydrogens is 302 g/mol. The van der Waals surface area contributed by atoms with E-state index in [4.69, 9.17) is 4.74 Å². The van der Waals surface area contributed by atoms with Crippen molar-refractivity contribution < 1.29 is 9.53 Å². The van der Waals surface area contributed by atoms with Crippen LogP contribution in [0.25, 0.3) is 10.2 Å². The van der Waals surface area contributed by atoms with Crippen LogP contribution < -0.4 is 10.9 Å². The molecule has 2 aromatic rings. The van der Waals surface area contributed by atoms with Crippen molar-refractivity contribution in [1.82, 2.24) is 14.9 Å². The van der Waals surface area contributed by atoms with Crippen LogP contribution >= 0.6 is 11.3 Å². The first kappa shape index (κ1) is 16.6. The zero-order chi connectivity index (χ0) is 16.3. The van der Waals surface area contributed by atoms with E-state index in [0.29, 0.717) is 18.5 Å². The summed E-state index contributed by atoms with van der Waals surface area (Å²) in [5.41, 5.74) is 0.898. The van der Waals surface area contributed by atoms with E-state index in [-0.39, 0.29) is 23.9 Å². The van der Waals surface area contributed by atoms with Crippen LogP contribution in [0.2, 0.25) is 0 Å². The highest BCUT2D eigenvalue weighted by molar-refractivity contribution is 7.18. The van der Waals surface area contributed by atoms with E-state index in [1.54, 1.807) is 7.11 Å². The summed E-state index contributed by atoms with van der Waals surface area (Å²) >= 11 is 1.52. The number of amides is 1. The predicted molar refractivity (Wildman–Crippen MR) is 87.5 cm³/mol. The van der Waals surface area contributed by atoms with Gasteiger partial charge in [-0.3, -0.25) is 14.2 Å². The van der Waals surface area contributed by atoms with Crippen molar-refractivity contribution in [2.45, 2.75) is 39.8 Å². The Bertz CT molecular complexity index is 735. The molecule has 0 bridgehead atoms. The van der Waals surface area contributed by atoms with E-state index in [9.17, 15) is 9.59 Å². The summed E-state index contributed by atoms with van der Waals surface area (Å²) in [5.74, 6) is -0.102. The quantitative estimate of drug-likeness (QED) is 0.876. The van der Waals surface area contributed by atoms with E-state index in [1.165, 1.54) is 22.2 Å². The summed E-state index contributed by atoms with van der Waals surface area (Å²) in [5, 5.41) is 3.49. The third kappa shape index (κ3) is 3.53. The number of hydrogen-bond donors (Lipinski definition) is 1. The van der Waals surface area contributed by atoms with Gasteiger partial charge in [0, 0.05) is 31.0 Å². The molecule has 0 aromatic carbocycles. The van der Waals surface area contributed by atoms with Crippen LogP contribution in [0.15, 0.2) is 11.1 Å². The number of aryl methyl sites for hydroxylation is 3. The molecule has 0 spiro atoms. The highest BCUT2D eigenvalue weighted by Gasteiger charge is 2.13. The second-order valence-electron chi connectivity index (χ2n) is 5.38. The van der Waals surface area contributed by atoms with Gasteiger partial charge >= 0.3 is 0 Å². The maximum absolute atomic E-state index is 12.5. The number of hydrogen-bond acceptors (Lipinski definition) is 5. The molecule has 7 heteroatoms. The lowest BCUT2D eigenvalue weighted by molar-refractivity contribution is -0.122. The van der Waals surface area contributed by atoms with Gasteiger partial charge in [0.05, 0.1) is 18.3 Å². The van der Waals surface area contributed by atoms with Crippen molar-refractivity contribution in [2.75, 3.05) is 13.7 Å². The number of aromatic nitrogens is 2. The number of methoxy groups -OCH3 is 1. The second-order valence-corrected chi connectivity index (χ2v) is 6.58. The lowest BCUT2D eigenvalue weighted by Gasteiger charge is -2.13. The second kappa shape index (κ2) is 7.02. The fraction of sp³-hybridized carbons (Fsp3) is 0.533. The normalized spacial score (nSPS) is 12.5. The van der Waals surface area contributed by atoms with Crippen molar-refractivity contribution in [1.29, 1.82) is 0 Å². The van der Waals surface area contributed by atoms with Crippen LogP contribution in [-0.4, -0.2) is 35.2 Å². The monoisotopic (exact) mass is 323 g/mol. The lowest BCUT2D eigenvalue weighted by atomic mass is 10.2. The molecular formula is C15H21N3O3S. The van der Waals surface area contributed by atoms with E-state index in [2.05, 4.69) is 10.3 Å². The number of rotatable bonds is 6. The first-order valence-electron chi connectivity index (χ1n) is 7.17. The molecule has 1 N–H and O–H groups in total. The third-order valence-corrected chi connectivity index (χ3v) is 4.67. The van der Waals surface area contributed by atoms with Crippen molar-refractivity contribution in [3.8, 4) is 0 Å². The van der Waals surface area contributed by atoms with Gasteiger partial charge in [-0.05, 0) is 26.3 Å². The van der Waals surface area contributed by atoms with E-state index >= 15 is 0 Å². The van der Waals surface area contributed by atoms with Crippen molar-refractivity contribution in [3.63, 3.8) is 0 Å². The minimum Gasteiger partial charge on any atom is -0.383 e. The summed E-state index contributed by atoms with van der Waals surface area (Å²) < 4.78 is 6.47. The van der Waals surface area contributed by atoms with Crippen LogP contribution in [0.1, 0.15) is 23.8 Å². The largest absolute Gasteiger partial charge is 0.383 e. The molecule has 0 aliphatic carbocycles. The topological polar surface area (TPSA) is 73.2 Å². The molecule has 0 radical (unpaired) electrons. The standard InChI is InChI=1S/C15H21N3O3S/c1-9(7-21-4)17-12(19)5-6-18-8-16-14-13(15(18)20)10(2)11(3)22-14/h8-9H,5-7H2,1-4H3,(H,17,19)/t9-/m0/s1. The summed E-state index contributed by atoms with van der Waals surface area (Å²) in [4.78, 5) is 30.5. The van der Waals surface area contributed by atoms with Crippen LogP contribution in [0.3, 0.4) is 0 Å². The Balaban J connectivity index is 2.09. The molecule has 0 saturated heterocycles. The van der Waals surface area contributed by atoms with Gasteiger partial charge in [0.25, 0.3) is 5.56 Å². The first-order valence-corrected chi connectivity index (χ1v) is 7.99. The molecule has 0 saturated carbocycles. The number of nitrogens with zero attached hydrogens (tertiary/aromatic N) is 2. The van der Waals surface area contributed by atoms with Gasteiger partial charge in [-0.25, -0.2) is 4.98 Å². The molecule has 2 heterocycles. The van der Waals surface area contributed by atoms with Crippen molar-refractivity contribution >= 4 is 27.5 Å². The Hall–Kier alpha value is -1.73. The molecule has 120 valence electrons. The van der Waals surface area contributed by atoms with Crippen LogP contribution in [0.5, 0.6) is 0 Å². The minimum atomic E-state index is -0.102. The Morgan fingerprint density at radius 2 is 2.23 bits per heavy atom. The van der Waals surface area contributed by atoms with E-state index in [0.717, 1.165) is 15.3 Å². The summed E-state index contributed by atoms with van der Waals surface area (Å²) in [6.45, 7) is 6.57. The van der Waals surface area contributed by atoms with Gasteiger partial charge in [0.1, 0.15) is 4.83 Å². The van der Waals surface area contributed by atoms with E-state index in [1.807, 2.05) is 20.8 Å². The number of thiophene rings is 1. The number of nitrogens with one attached hydrogen (secondary N) is 1. The van der Waals surface area contributed by atoms with Crippen LogP contribution in [0, 0.1) is 13.8 Å². The highest BCUT2D eigenvalue weighted by atomic mass is 32.1. The minimum absolute atomic E-state index is 0.0448. The molecule has 0 aliphatic heterocycles. The zero-order valence-electron chi connectivity index (χ0n) is 13.3. The Morgan fingerprint density at radius 1 is 1.50 bits per heavy atom. The molecule has 2 aromatic heterocycles. The fourth-order valence-electron chi connectivity index (χ4n) is 2.29. The maximum atomic E-state index is 12.5. The molecule has 0 aliphatic rings. The summed E-state index contributed by atoms with van der Waals surface area (Å²) in [6, 6.07) is -0.0448. The SMILES string of the molecule is COC[C@H](C)NC(=O)CCn1cnc2sc(C)c(C)c2c1=O. The van der Waals surface area contributed by atoms with Gasteiger partial charge in [-0.1, -0.05) is 0 Å². The molecule has 2 rings (SSSR count). The first-order chi connectivity index (χ1) is 10.4. The molecule has 0 unspecified atom stereocenters. The number of fused-ring (bicyclic) bond motifs is 1. The molecule has 1 amide bonds. The molecule has 6 nitrogen and oxygen atoms in total. The average molecular weight is 323 g/mol. The molecule has 22 heavy (non-hydrogen) atoms. The van der Waals surface area contributed by atoms with Crippen molar-refractivity contribution in [2.24, 2.45) is 0 Å². The Labute approximate surface area is 133 Å².